The van der Waals surface area contributed by atoms with Crippen LogP contribution in [0.25, 0.3) is 22.3 Å². The minimum atomic E-state index is -0.280. The molecule has 0 unspecified atom stereocenters. The van der Waals surface area contributed by atoms with Crippen molar-refractivity contribution < 1.29 is 5.11 Å². The van der Waals surface area contributed by atoms with Crippen LogP contribution in [0.3, 0.4) is 0 Å². The molecule has 0 aliphatic carbocycles. The molecule has 0 radical (unpaired) electrons. The number of benzene rings is 2. The van der Waals surface area contributed by atoms with Gasteiger partial charge < -0.3 is 10.1 Å². The Bertz CT molecular complexity index is 969. The van der Waals surface area contributed by atoms with Crippen molar-refractivity contribution in [1.82, 2.24) is 9.97 Å². The average Bonchev–Trinajstić information content (AvgIpc) is 2.43. The minimum Gasteiger partial charge on any atom is -0.506 e. The van der Waals surface area contributed by atoms with E-state index in [-0.39, 0.29) is 11.3 Å². The first-order valence-corrected chi connectivity index (χ1v) is 9.11. The van der Waals surface area contributed by atoms with Crippen molar-refractivity contribution in [3.63, 3.8) is 0 Å². The summed E-state index contributed by atoms with van der Waals surface area (Å²) in [6, 6.07) is 6.92. The molecule has 3 rings (SSSR count). The number of aromatic nitrogens is 2. The third-order valence-corrected chi connectivity index (χ3v) is 5.14. The summed E-state index contributed by atoms with van der Waals surface area (Å²) < 4.78 is 2.73. The Kier molecular flexibility index (Phi) is 4.46. The number of phenolic OH excluding ortho intramolecular Hbond substituents is 1. The fourth-order valence-corrected chi connectivity index (χ4v) is 4.58. The summed E-state index contributed by atoms with van der Waals surface area (Å²) >= 11 is 13.4. The maximum Gasteiger partial charge on any atom is 0.259 e. The van der Waals surface area contributed by atoms with Crippen LogP contribution in [0.5, 0.6) is 5.75 Å². The fraction of sp³-hybridized carbons (Fsp3) is 0. The molecule has 0 saturated carbocycles. The van der Waals surface area contributed by atoms with E-state index < -0.39 is 0 Å². The van der Waals surface area contributed by atoms with Gasteiger partial charge in [-0.2, -0.15) is 0 Å². The van der Waals surface area contributed by atoms with Crippen LogP contribution in [0, 0.1) is 0 Å². The summed E-state index contributed by atoms with van der Waals surface area (Å²) in [7, 11) is 0. The van der Waals surface area contributed by atoms with E-state index in [1.807, 2.05) is 6.07 Å². The van der Waals surface area contributed by atoms with Crippen molar-refractivity contribution in [3.8, 4) is 17.1 Å². The molecule has 0 atom stereocenters. The second kappa shape index (κ2) is 6.07. The maximum absolute atomic E-state index is 12.3. The molecule has 0 bridgehead atoms. The number of H-pyrrole nitrogens is 1. The highest BCUT2D eigenvalue weighted by molar-refractivity contribution is 9.11. The van der Waals surface area contributed by atoms with Crippen LogP contribution < -0.4 is 5.56 Å². The van der Waals surface area contributed by atoms with Crippen molar-refractivity contribution >= 4 is 74.6 Å². The Morgan fingerprint density at radius 1 is 0.955 bits per heavy atom. The molecular weight excluding hydrogens is 548 g/mol. The normalized spacial score (nSPS) is 11.1. The molecule has 0 fully saturated rings. The number of nitrogens with zero attached hydrogens (tertiary/aromatic N) is 1. The average molecular weight is 554 g/mol. The van der Waals surface area contributed by atoms with Crippen LogP contribution in [0.4, 0.5) is 0 Å². The van der Waals surface area contributed by atoms with Gasteiger partial charge in [-0.15, -0.1) is 0 Å². The zero-order chi connectivity index (χ0) is 16.0. The lowest BCUT2D eigenvalue weighted by Crippen LogP contribution is -2.10. The van der Waals surface area contributed by atoms with Crippen molar-refractivity contribution in [2.45, 2.75) is 0 Å². The van der Waals surface area contributed by atoms with E-state index in [1.54, 1.807) is 18.2 Å². The minimum absolute atomic E-state index is 0.0129. The van der Waals surface area contributed by atoms with Gasteiger partial charge in [0.2, 0.25) is 0 Å². The molecule has 22 heavy (non-hydrogen) atoms. The van der Waals surface area contributed by atoms with Crippen molar-refractivity contribution in [3.05, 3.63) is 52.5 Å². The molecular formula is C14H6Br4N2O2. The van der Waals surface area contributed by atoms with Crippen LogP contribution in [-0.2, 0) is 0 Å². The van der Waals surface area contributed by atoms with Crippen molar-refractivity contribution in [2.24, 2.45) is 0 Å². The SMILES string of the molecule is O=c1[nH]c(-c2cc(Br)cc(Br)c2O)nc2c(Br)cc(Br)cc12. The molecule has 0 aliphatic heterocycles. The molecule has 0 aliphatic rings. The van der Waals surface area contributed by atoms with Gasteiger partial charge in [0.25, 0.3) is 5.56 Å². The fourth-order valence-electron chi connectivity index (χ4n) is 2.04. The monoisotopic (exact) mass is 550 g/mol. The number of phenols is 1. The smallest absolute Gasteiger partial charge is 0.259 e. The molecule has 0 amide bonds. The molecule has 1 heterocycles. The van der Waals surface area contributed by atoms with Crippen molar-refractivity contribution in [2.75, 3.05) is 0 Å². The largest absolute Gasteiger partial charge is 0.506 e. The van der Waals surface area contributed by atoms with E-state index in [0.717, 1.165) is 8.95 Å². The Hall–Kier alpha value is -0.700. The molecule has 8 heteroatoms. The first-order chi connectivity index (χ1) is 10.4. The molecule has 4 nitrogen and oxygen atoms in total. The lowest BCUT2D eigenvalue weighted by Gasteiger charge is -2.09. The molecule has 2 N–H and O–H groups in total. The molecule has 2 aromatic carbocycles. The molecule has 3 aromatic rings. The van der Waals surface area contributed by atoms with Crippen LogP contribution in [0.1, 0.15) is 0 Å². The van der Waals surface area contributed by atoms with Gasteiger partial charge in [0.05, 0.1) is 20.9 Å². The highest BCUT2D eigenvalue weighted by Crippen LogP contribution is 2.37. The summed E-state index contributed by atoms with van der Waals surface area (Å²) in [6.07, 6.45) is 0. The van der Waals surface area contributed by atoms with E-state index >= 15 is 0 Å². The number of hydrogen-bond donors (Lipinski definition) is 2. The summed E-state index contributed by atoms with van der Waals surface area (Å²) in [4.78, 5) is 19.5. The predicted molar refractivity (Wildman–Crippen MR) is 100 cm³/mol. The number of rotatable bonds is 1. The summed E-state index contributed by atoms with van der Waals surface area (Å²) in [5.41, 5.74) is 0.671. The summed E-state index contributed by atoms with van der Waals surface area (Å²) in [5, 5.41) is 10.7. The number of halogens is 4. The Balaban J connectivity index is 2.37. The quantitative estimate of drug-likeness (QED) is 0.427. The molecule has 112 valence electrons. The van der Waals surface area contributed by atoms with Gasteiger partial charge in [-0.1, -0.05) is 31.9 Å². The van der Waals surface area contributed by atoms with Gasteiger partial charge in [0, 0.05) is 13.4 Å². The van der Waals surface area contributed by atoms with Crippen LogP contribution in [0.15, 0.2) is 47.0 Å². The highest BCUT2D eigenvalue weighted by atomic mass is 79.9. The van der Waals surface area contributed by atoms with Gasteiger partial charge in [-0.05, 0) is 56.1 Å². The third-order valence-electron chi connectivity index (χ3n) is 3.01. The highest BCUT2D eigenvalue weighted by Gasteiger charge is 2.15. The first kappa shape index (κ1) is 16.2. The molecule has 1 aromatic heterocycles. The number of aromatic hydroxyl groups is 1. The Labute approximate surface area is 158 Å². The van der Waals surface area contributed by atoms with E-state index in [9.17, 15) is 9.90 Å². The number of fused-ring (bicyclic) bond motifs is 1. The van der Waals surface area contributed by atoms with Crippen LogP contribution in [0.2, 0.25) is 0 Å². The van der Waals surface area contributed by atoms with E-state index in [1.165, 1.54) is 0 Å². The zero-order valence-corrected chi connectivity index (χ0v) is 17.0. The topological polar surface area (TPSA) is 66.0 Å². The maximum atomic E-state index is 12.3. The van der Waals surface area contributed by atoms with E-state index in [0.29, 0.717) is 31.2 Å². The van der Waals surface area contributed by atoms with Gasteiger partial charge in [-0.3, -0.25) is 4.79 Å². The number of nitrogens with one attached hydrogen (secondary N) is 1. The standard InChI is InChI=1S/C14H6Br4N2O2/c15-5-1-7-11(9(17)3-5)19-13(20-14(7)22)8-2-6(16)4-10(18)12(8)21/h1-4,21H,(H,19,20,22). The van der Waals surface area contributed by atoms with Crippen molar-refractivity contribution in [1.29, 1.82) is 0 Å². The van der Waals surface area contributed by atoms with Gasteiger partial charge in [-0.25, -0.2) is 4.98 Å². The molecule has 0 saturated heterocycles. The zero-order valence-electron chi connectivity index (χ0n) is 10.6. The van der Waals surface area contributed by atoms with E-state index in [4.69, 9.17) is 0 Å². The van der Waals surface area contributed by atoms with Crippen LogP contribution >= 0.6 is 63.7 Å². The summed E-state index contributed by atoms with van der Waals surface area (Å²) in [6.45, 7) is 0. The lowest BCUT2D eigenvalue weighted by molar-refractivity contribution is 0.473. The summed E-state index contributed by atoms with van der Waals surface area (Å²) in [5.74, 6) is 0.305. The Morgan fingerprint density at radius 2 is 1.59 bits per heavy atom. The van der Waals surface area contributed by atoms with Crippen LogP contribution in [-0.4, -0.2) is 15.1 Å². The second-order valence-electron chi connectivity index (χ2n) is 4.48. The molecule has 0 spiro atoms. The number of hydrogen-bond acceptors (Lipinski definition) is 3. The first-order valence-electron chi connectivity index (χ1n) is 5.94. The lowest BCUT2D eigenvalue weighted by atomic mass is 10.1. The van der Waals surface area contributed by atoms with Gasteiger partial charge in [0.15, 0.2) is 0 Å². The third kappa shape index (κ3) is 2.89. The number of aromatic amines is 1. The predicted octanol–water partition coefficient (Wildman–Crippen LogP) is 5.35. The second-order valence-corrected chi connectivity index (χ2v) is 8.02. The Morgan fingerprint density at radius 3 is 2.32 bits per heavy atom. The van der Waals surface area contributed by atoms with E-state index in [2.05, 4.69) is 73.7 Å². The van der Waals surface area contributed by atoms with Gasteiger partial charge in [0.1, 0.15) is 11.6 Å². The van der Waals surface area contributed by atoms with Gasteiger partial charge >= 0.3 is 0 Å².